The molecule has 0 saturated heterocycles. The maximum Gasteiger partial charge on any atom is 0.136 e. The van der Waals surface area contributed by atoms with Gasteiger partial charge < -0.3 is 9.32 Å². The van der Waals surface area contributed by atoms with Crippen molar-refractivity contribution in [2.24, 2.45) is 0 Å². The number of furan rings is 1. The van der Waals surface area contributed by atoms with Crippen molar-refractivity contribution in [1.29, 1.82) is 0 Å². The van der Waals surface area contributed by atoms with Crippen LogP contribution in [0.2, 0.25) is 0 Å². The molecule has 0 unspecified atom stereocenters. The van der Waals surface area contributed by atoms with Gasteiger partial charge in [0.05, 0.1) is 5.69 Å². The highest BCUT2D eigenvalue weighted by Crippen LogP contribution is 2.43. The molecule has 0 fully saturated rings. The first-order valence-corrected chi connectivity index (χ1v) is 20.5. The van der Waals surface area contributed by atoms with Gasteiger partial charge >= 0.3 is 0 Å². The molecule has 60 heavy (non-hydrogen) atoms. The van der Waals surface area contributed by atoms with Crippen molar-refractivity contribution in [3.8, 4) is 55.6 Å². The van der Waals surface area contributed by atoms with Crippen LogP contribution in [0.5, 0.6) is 0 Å². The minimum Gasteiger partial charge on any atom is -0.456 e. The minimum absolute atomic E-state index is 0.919. The molecule has 0 aliphatic carbocycles. The average Bonchev–Trinajstić information content (AvgIpc) is 3.72. The molecule has 0 saturated carbocycles. The van der Waals surface area contributed by atoms with E-state index in [0.717, 1.165) is 55.9 Å². The Hall–Kier alpha value is -7.94. The van der Waals surface area contributed by atoms with Gasteiger partial charge in [-0.2, -0.15) is 0 Å². The Morgan fingerprint density at radius 2 is 0.817 bits per heavy atom. The molecular weight excluding hydrogens is 727 g/mol. The largest absolute Gasteiger partial charge is 0.456 e. The topological polar surface area (TPSA) is 16.4 Å². The van der Waals surface area contributed by atoms with Crippen molar-refractivity contribution in [2.75, 3.05) is 4.90 Å². The van der Waals surface area contributed by atoms with E-state index < -0.39 is 0 Å². The fourth-order valence-electron chi connectivity index (χ4n) is 8.68. The van der Waals surface area contributed by atoms with Gasteiger partial charge in [0.15, 0.2) is 0 Å². The molecule has 0 bridgehead atoms. The van der Waals surface area contributed by atoms with Gasteiger partial charge in [-0.25, -0.2) is 0 Å². The fourth-order valence-corrected chi connectivity index (χ4v) is 8.68. The zero-order valence-electron chi connectivity index (χ0n) is 32.9. The number of fused-ring (bicyclic) bond motifs is 5. The molecule has 10 aromatic carbocycles. The summed E-state index contributed by atoms with van der Waals surface area (Å²) in [5.74, 6) is 0. The molecule has 0 amide bonds. The molecule has 0 atom stereocenters. The van der Waals surface area contributed by atoms with Crippen molar-refractivity contribution < 1.29 is 4.42 Å². The van der Waals surface area contributed by atoms with Crippen LogP contribution in [0.15, 0.2) is 241 Å². The molecule has 2 heteroatoms. The lowest BCUT2D eigenvalue weighted by Crippen LogP contribution is -2.11. The summed E-state index contributed by atoms with van der Waals surface area (Å²) in [5.41, 5.74) is 16.9. The Labute approximate surface area is 349 Å². The van der Waals surface area contributed by atoms with Crippen LogP contribution >= 0.6 is 0 Å². The highest BCUT2D eigenvalue weighted by Gasteiger charge is 2.19. The number of benzene rings is 10. The number of hydrogen-bond donors (Lipinski definition) is 0. The average molecular weight is 766 g/mol. The molecule has 1 aromatic heterocycles. The number of hydrogen-bond acceptors (Lipinski definition) is 2. The monoisotopic (exact) mass is 765 g/mol. The lowest BCUT2D eigenvalue weighted by Gasteiger charge is -2.28. The molecule has 11 aromatic rings. The minimum atomic E-state index is 0.919. The smallest absolute Gasteiger partial charge is 0.136 e. The molecule has 0 spiro atoms. The van der Waals surface area contributed by atoms with Crippen molar-refractivity contribution in [2.45, 2.75) is 0 Å². The third kappa shape index (κ3) is 6.51. The van der Waals surface area contributed by atoms with Crippen LogP contribution in [0, 0.1) is 0 Å². The molecule has 282 valence electrons. The zero-order chi connectivity index (χ0) is 39.8. The Bertz CT molecular complexity index is 3290. The summed E-state index contributed by atoms with van der Waals surface area (Å²) in [6.45, 7) is 0. The van der Waals surface area contributed by atoms with Crippen molar-refractivity contribution >= 4 is 49.8 Å². The SMILES string of the molecule is c1ccc(-c2ccc(-c3ccccc3N(c3ccc(-c4ccccc4)cc3)c3cccc(-c4cccc(-c5ccc6c(ccc7oc8ccccc8c76)c5)c4)c3)cc2)cc1. The fraction of sp³-hybridized carbons (Fsp3) is 0. The second-order valence-corrected chi connectivity index (χ2v) is 15.3. The summed E-state index contributed by atoms with van der Waals surface area (Å²) in [4.78, 5) is 2.40. The van der Waals surface area contributed by atoms with E-state index >= 15 is 0 Å². The normalized spacial score (nSPS) is 11.3. The van der Waals surface area contributed by atoms with Crippen LogP contribution in [0.4, 0.5) is 17.1 Å². The summed E-state index contributed by atoms with van der Waals surface area (Å²) >= 11 is 0. The lowest BCUT2D eigenvalue weighted by molar-refractivity contribution is 0.669. The van der Waals surface area contributed by atoms with Gasteiger partial charge in [-0.1, -0.05) is 182 Å². The Morgan fingerprint density at radius 3 is 1.55 bits per heavy atom. The predicted octanol–water partition coefficient (Wildman–Crippen LogP) is 16.5. The van der Waals surface area contributed by atoms with Crippen LogP contribution < -0.4 is 4.90 Å². The molecule has 1 heterocycles. The van der Waals surface area contributed by atoms with E-state index in [4.69, 9.17) is 4.42 Å². The van der Waals surface area contributed by atoms with Gasteiger partial charge in [0.2, 0.25) is 0 Å². The maximum absolute atomic E-state index is 6.19. The van der Waals surface area contributed by atoms with Crippen LogP contribution in [0.1, 0.15) is 0 Å². The van der Waals surface area contributed by atoms with E-state index in [2.05, 4.69) is 229 Å². The third-order valence-corrected chi connectivity index (χ3v) is 11.7. The van der Waals surface area contributed by atoms with Crippen molar-refractivity contribution in [3.05, 3.63) is 237 Å². The summed E-state index contributed by atoms with van der Waals surface area (Å²) in [7, 11) is 0. The van der Waals surface area contributed by atoms with Crippen LogP contribution in [0.25, 0.3) is 88.3 Å². The van der Waals surface area contributed by atoms with Gasteiger partial charge in [-0.15, -0.1) is 0 Å². The van der Waals surface area contributed by atoms with Gasteiger partial charge in [-0.05, 0) is 115 Å². The number of para-hydroxylation sites is 2. The Kier molecular flexibility index (Phi) is 8.87. The zero-order valence-corrected chi connectivity index (χ0v) is 32.9. The van der Waals surface area contributed by atoms with Crippen molar-refractivity contribution in [1.82, 2.24) is 0 Å². The second-order valence-electron chi connectivity index (χ2n) is 15.3. The van der Waals surface area contributed by atoms with Gasteiger partial charge in [0, 0.05) is 27.7 Å². The van der Waals surface area contributed by atoms with E-state index in [1.54, 1.807) is 0 Å². The van der Waals surface area contributed by atoms with Crippen LogP contribution in [-0.4, -0.2) is 0 Å². The van der Waals surface area contributed by atoms with E-state index in [0.29, 0.717) is 0 Å². The molecule has 0 aliphatic rings. The molecule has 2 nitrogen and oxygen atoms in total. The Balaban J connectivity index is 0.990. The van der Waals surface area contributed by atoms with Crippen LogP contribution in [-0.2, 0) is 0 Å². The number of nitrogens with zero attached hydrogens (tertiary/aromatic N) is 1. The summed E-state index contributed by atoms with van der Waals surface area (Å²) < 4.78 is 6.19. The third-order valence-electron chi connectivity index (χ3n) is 11.7. The van der Waals surface area contributed by atoms with E-state index in [1.165, 1.54) is 49.5 Å². The van der Waals surface area contributed by atoms with Crippen molar-refractivity contribution in [3.63, 3.8) is 0 Å². The highest BCUT2D eigenvalue weighted by molar-refractivity contribution is 6.19. The van der Waals surface area contributed by atoms with Gasteiger partial charge in [0.1, 0.15) is 11.2 Å². The molecule has 11 rings (SSSR count). The first kappa shape index (κ1) is 35.2. The molecule has 0 radical (unpaired) electrons. The maximum atomic E-state index is 6.19. The molecular formula is C58H39NO. The quantitative estimate of drug-likeness (QED) is 0.153. The predicted molar refractivity (Wildman–Crippen MR) is 253 cm³/mol. The number of anilines is 3. The summed E-state index contributed by atoms with van der Waals surface area (Å²) in [6, 6.07) is 84.9. The van der Waals surface area contributed by atoms with E-state index in [9.17, 15) is 0 Å². The van der Waals surface area contributed by atoms with Crippen LogP contribution in [0.3, 0.4) is 0 Å². The lowest BCUT2D eigenvalue weighted by atomic mass is 9.95. The van der Waals surface area contributed by atoms with Gasteiger partial charge in [0.25, 0.3) is 0 Å². The molecule has 0 aliphatic heterocycles. The highest BCUT2D eigenvalue weighted by atomic mass is 16.3. The van der Waals surface area contributed by atoms with Gasteiger partial charge in [-0.3, -0.25) is 0 Å². The van der Waals surface area contributed by atoms with E-state index in [-0.39, 0.29) is 0 Å². The second kappa shape index (κ2) is 15.1. The standard InChI is InChI=1S/C58H39NO/c1-3-13-40(14-4-1)42-25-27-44(28-26-42)52-21-7-9-23-55(52)59(50-33-29-43(30-34-50)41-15-5-2-6-16-41)51-20-12-19-47(39-51)45-17-11-18-46(37-45)48-31-35-53-49(38-48)32-36-57-58(53)54-22-8-10-24-56(54)60-57/h1-39H. The molecule has 0 N–H and O–H groups in total. The number of rotatable bonds is 8. The Morgan fingerprint density at radius 1 is 0.283 bits per heavy atom. The van der Waals surface area contributed by atoms with E-state index in [1.807, 2.05) is 12.1 Å². The summed E-state index contributed by atoms with van der Waals surface area (Å²) in [5, 5.41) is 4.72. The first-order valence-electron chi connectivity index (χ1n) is 20.5. The summed E-state index contributed by atoms with van der Waals surface area (Å²) in [6.07, 6.45) is 0. The first-order chi connectivity index (χ1) is 29.7.